The number of anilines is 1. The number of halogens is 2. The summed E-state index contributed by atoms with van der Waals surface area (Å²) < 4.78 is 2.93. The summed E-state index contributed by atoms with van der Waals surface area (Å²) in [4.78, 5) is 36.5. The van der Waals surface area contributed by atoms with Gasteiger partial charge in [-0.2, -0.15) is 0 Å². The van der Waals surface area contributed by atoms with Crippen LogP contribution in [0.2, 0.25) is 5.02 Å². The second-order valence-corrected chi connectivity index (χ2v) is 9.62. The average molecular weight is 530 g/mol. The van der Waals surface area contributed by atoms with Crippen molar-refractivity contribution in [3.8, 4) is 0 Å². The van der Waals surface area contributed by atoms with Gasteiger partial charge in [0.2, 0.25) is 0 Å². The topological polar surface area (TPSA) is 77.0 Å². The van der Waals surface area contributed by atoms with Crippen LogP contribution in [0.3, 0.4) is 0 Å². The number of aromatic nitrogens is 3. The molecule has 33 heavy (non-hydrogen) atoms. The fourth-order valence-corrected chi connectivity index (χ4v) is 4.80. The Morgan fingerprint density at radius 2 is 2.00 bits per heavy atom. The van der Waals surface area contributed by atoms with Crippen LogP contribution in [-0.4, -0.2) is 62.3 Å². The number of piperazine rings is 1. The van der Waals surface area contributed by atoms with Crippen LogP contribution in [0, 0.1) is 0 Å². The van der Waals surface area contributed by atoms with Crippen molar-refractivity contribution < 1.29 is 4.79 Å². The summed E-state index contributed by atoms with van der Waals surface area (Å²) in [5, 5.41) is 0.572. The number of H-pyrrole nitrogens is 1. The molecule has 3 aromatic heterocycles. The van der Waals surface area contributed by atoms with E-state index >= 15 is 0 Å². The van der Waals surface area contributed by atoms with Gasteiger partial charge in [0, 0.05) is 57.7 Å². The highest BCUT2D eigenvalue weighted by atomic mass is 79.9. The molecular weight excluding hydrogens is 508 g/mol. The van der Waals surface area contributed by atoms with Crippen molar-refractivity contribution in [1.82, 2.24) is 23.2 Å². The highest BCUT2D eigenvalue weighted by molar-refractivity contribution is 9.07. The lowest BCUT2D eigenvalue weighted by atomic mass is 10.1. The number of fused-ring (bicyclic) bond motifs is 3. The lowest BCUT2D eigenvalue weighted by Gasteiger charge is -2.36. The number of hydrogen-bond acceptors (Lipinski definition) is 5. The quantitative estimate of drug-likeness (QED) is 0.409. The fourth-order valence-electron chi connectivity index (χ4n) is 4.30. The maximum absolute atomic E-state index is 12.3. The molecule has 170 valence electrons. The van der Waals surface area contributed by atoms with Crippen molar-refractivity contribution in [2.45, 2.75) is 6.54 Å². The minimum absolute atomic E-state index is 0.142. The van der Waals surface area contributed by atoms with Gasteiger partial charge in [-0.1, -0.05) is 11.6 Å². The highest BCUT2D eigenvalue weighted by Crippen LogP contribution is 2.29. The lowest BCUT2D eigenvalue weighted by molar-refractivity contribution is 0.0898. The number of nitrogens with zero attached hydrogens (tertiary/aromatic N) is 5. The maximum atomic E-state index is 12.3. The second-order valence-electron chi connectivity index (χ2n) is 8.15. The largest absolute Gasteiger partial charge is 0.368 e. The van der Waals surface area contributed by atoms with E-state index in [2.05, 4.69) is 35.9 Å². The molecule has 0 spiro atoms. The Kier molecular flexibility index (Phi) is 5.86. The Balaban J connectivity index is 1.27. The van der Waals surface area contributed by atoms with Gasteiger partial charge >= 0.3 is 5.69 Å². The molecule has 5 rings (SSSR count). The number of hydrogen-bond donors (Lipinski definition) is 1. The van der Waals surface area contributed by atoms with Crippen molar-refractivity contribution in [3.05, 3.63) is 75.4 Å². The molecule has 1 aliphatic heterocycles. The summed E-state index contributed by atoms with van der Waals surface area (Å²) in [5.74, 6) is -0.142. The van der Waals surface area contributed by atoms with Crippen molar-refractivity contribution >= 4 is 55.9 Å². The Hall–Kier alpha value is -2.88. The van der Waals surface area contributed by atoms with Gasteiger partial charge in [0.25, 0.3) is 5.91 Å². The number of carbonyl (C=O) groups is 1. The molecule has 0 aliphatic carbocycles. The van der Waals surface area contributed by atoms with E-state index in [-0.39, 0.29) is 11.6 Å². The van der Waals surface area contributed by atoms with Gasteiger partial charge in [0.05, 0.1) is 37.9 Å². The summed E-state index contributed by atoms with van der Waals surface area (Å²) in [6, 6.07) is 11.2. The Labute approximate surface area is 203 Å². The van der Waals surface area contributed by atoms with Crippen LogP contribution in [0.4, 0.5) is 5.69 Å². The monoisotopic (exact) mass is 528 g/mol. The van der Waals surface area contributed by atoms with Gasteiger partial charge < -0.3 is 9.88 Å². The van der Waals surface area contributed by atoms with E-state index in [9.17, 15) is 9.59 Å². The fraction of sp³-hybridized carbons (Fsp3) is 0.261. The van der Waals surface area contributed by atoms with Gasteiger partial charge in [0.15, 0.2) is 0 Å². The van der Waals surface area contributed by atoms with E-state index in [1.807, 2.05) is 30.5 Å². The molecule has 1 saturated heterocycles. The number of nitrogens with one attached hydrogen (secondary N) is 1. The number of benzene rings is 1. The van der Waals surface area contributed by atoms with Crippen LogP contribution in [0.1, 0.15) is 15.9 Å². The number of pyridine rings is 1. The van der Waals surface area contributed by atoms with E-state index < -0.39 is 0 Å². The Bertz CT molecular complexity index is 1410. The third-order valence-electron chi connectivity index (χ3n) is 5.99. The molecule has 0 radical (unpaired) electrons. The Morgan fingerprint density at radius 1 is 1.21 bits per heavy atom. The zero-order chi connectivity index (χ0) is 23.1. The molecule has 1 fully saturated rings. The van der Waals surface area contributed by atoms with Crippen molar-refractivity contribution in [3.63, 3.8) is 0 Å². The van der Waals surface area contributed by atoms with Crippen LogP contribution >= 0.6 is 27.7 Å². The molecule has 10 heteroatoms. The molecule has 1 aliphatic rings. The minimum Gasteiger partial charge on any atom is -0.368 e. The number of carbonyl (C=O) groups excluding carboxylic acids is 1. The highest BCUT2D eigenvalue weighted by Gasteiger charge is 2.21. The van der Waals surface area contributed by atoms with Gasteiger partial charge in [-0.25, -0.2) is 4.79 Å². The van der Waals surface area contributed by atoms with Crippen LogP contribution in [0.25, 0.3) is 16.6 Å². The first kappa shape index (κ1) is 21.9. The van der Waals surface area contributed by atoms with Crippen molar-refractivity contribution in [1.29, 1.82) is 0 Å². The molecule has 1 amide bonds. The SMILES string of the molecule is CN(Br)C(=O)c1ccc(N2CCN(Cc3cnc4c(c3)[nH]c(=O)n3cccc43)CC2)c(Cl)c1. The van der Waals surface area contributed by atoms with Crippen molar-refractivity contribution in [2.75, 3.05) is 38.1 Å². The predicted octanol–water partition coefficient (Wildman–Crippen LogP) is 3.53. The Morgan fingerprint density at radius 3 is 2.73 bits per heavy atom. The summed E-state index contributed by atoms with van der Waals surface area (Å²) in [7, 11) is 1.65. The molecule has 4 aromatic rings. The maximum Gasteiger partial charge on any atom is 0.330 e. The first-order chi connectivity index (χ1) is 15.9. The average Bonchev–Trinajstić information content (AvgIpc) is 3.30. The normalized spacial score (nSPS) is 14.8. The molecule has 0 bridgehead atoms. The number of aromatic amines is 1. The predicted molar refractivity (Wildman–Crippen MR) is 133 cm³/mol. The molecule has 0 atom stereocenters. The minimum atomic E-state index is -0.164. The third-order valence-corrected chi connectivity index (χ3v) is 6.61. The molecule has 0 unspecified atom stereocenters. The zero-order valence-electron chi connectivity index (χ0n) is 18.0. The summed E-state index contributed by atoms with van der Waals surface area (Å²) >= 11 is 9.66. The van der Waals surface area contributed by atoms with Crippen LogP contribution in [-0.2, 0) is 6.54 Å². The summed E-state index contributed by atoms with van der Waals surface area (Å²) in [5.41, 5.74) is 4.71. The zero-order valence-corrected chi connectivity index (χ0v) is 20.3. The second kappa shape index (κ2) is 8.81. The first-order valence-corrected chi connectivity index (χ1v) is 11.7. The van der Waals surface area contributed by atoms with Gasteiger partial charge in [-0.05, 0) is 42.0 Å². The van der Waals surface area contributed by atoms with Crippen molar-refractivity contribution in [2.24, 2.45) is 0 Å². The number of amides is 1. The third kappa shape index (κ3) is 4.23. The van der Waals surface area contributed by atoms with E-state index in [4.69, 9.17) is 11.6 Å². The van der Waals surface area contributed by atoms with Crippen LogP contribution < -0.4 is 10.6 Å². The van der Waals surface area contributed by atoms with Gasteiger partial charge in [-0.3, -0.25) is 23.0 Å². The van der Waals surface area contributed by atoms with E-state index in [0.717, 1.165) is 60.5 Å². The van der Waals surface area contributed by atoms with E-state index in [1.54, 1.807) is 29.8 Å². The summed E-state index contributed by atoms with van der Waals surface area (Å²) in [6.07, 6.45) is 3.62. The first-order valence-electron chi connectivity index (χ1n) is 10.6. The number of rotatable bonds is 4. The van der Waals surface area contributed by atoms with E-state index in [1.165, 1.54) is 3.93 Å². The van der Waals surface area contributed by atoms with Gasteiger partial charge in [-0.15, -0.1) is 0 Å². The molecule has 1 aromatic carbocycles. The van der Waals surface area contributed by atoms with Crippen LogP contribution in [0.5, 0.6) is 0 Å². The molecule has 0 saturated carbocycles. The smallest absolute Gasteiger partial charge is 0.330 e. The van der Waals surface area contributed by atoms with Crippen LogP contribution in [0.15, 0.2) is 53.6 Å². The molecule has 8 nitrogen and oxygen atoms in total. The van der Waals surface area contributed by atoms with E-state index in [0.29, 0.717) is 10.6 Å². The standard InChI is InChI=1S/C23H22BrClN6O2/c1-28(24)22(32)16-4-5-19(17(25)12-16)30-9-7-29(8-10-30)14-15-11-18-21(26-13-15)20-3-2-6-31(20)23(33)27-18/h2-6,11-13H,7-10,14H2,1H3,(H,27,33). The molecule has 4 heterocycles. The lowest BCUT2D eigenvalue weighted by Crippen LogP contribution is -2.46. The molecule has 1 N–H and O–H groups in total. The summed E-state index contributed by atoms with van der Waals surface area (Å²) in [6.45, 7) is 4.15. The molecular formula is C23H22BrClN6O2. The van der Waals surface area contributed by atoms with Gasteiger partial charge in [0.1, 0.15) is 5.52 Å².